The average molecular weight is 253 g/mol. The Morgan fingerprint density at radius 1 is 1.47 bits per heavy atom. The Kier molecular flexibility index (Phi) is 3.62. The summed E-state index contributed by atoms with van der Waals surface area (Å²) in [6.45, 7) is 8.99. The van der Waals surface area contributed by atoms with Gasteiger partial charge in [-0.05, 0) is 32.4 Å². The van der Waals surface area contributed by atoms with Crippen LogP contribution in [0, 0.1) is 12.3 Å². The van der Waals surface area contributed by atoms with E-state index in [2.05, 4.69) is 45.1 Å². The van der Waals surface area contributed by atoms with Gasteiger partial charge in [0, 0.05) is 34.4 Å². The van der Waals surface area contributed by atoms with Gasteiger partial charge in [0.1, 0.15) is 0 Å². The quantitative estimate of drug-likeness (QED) is 0.886. The largest absolute Gasteiger partial charge is 0.381 e. The molecule has 0 amide bonds. The average Bonchev–Trinajstić information content (AvgIpc) is 2.70. The summed E-state index contributed by atoms with van der Waals surface area (Å²) in [6.07, 6.45) is 1.52. The number of hydrogen-bond donors (Lipinski definition) is 1. The molecule has 1 aromatic rings. The van der Waals surface area contributed by atoms with Gasteiger partial charge in [-0.15, -0.1) is 11.3 Å². The van der Waals surface area contributed by atoms with E-state index in [0.717, 1.165) is 6.42 Å². The van der Waals surface area contributed by atoms with Gasteiger partial charge >= 0.3 is 0 Å². The first kappa shape index (κ1) is 13.1. The summed E-state index contributed by atoms with van der Waals surface area (Å²) in [5, 5.41) is 3.73. The maximum absolute atomic E-state index is 5.49. The van der Waals surface area contributed by atoms with E-state index in [0.29, 0.717) is 18.2 Å². The molecule has 1 aliphatic rings. The van der Waals surface area contributed by atoms with E-state index in [1.165, 1.54) is 9.75 Å². The zero-order valence-electron chi connectivity index (χ0n) is 11.4. The van der Waals surface area contributed by atoms with Crippen LogP contribution in [0.2, 0.25) is 0 Å². The number of ether oxygens (including phenoxy) is 1. The molecule has 0 bridgehead atoms. The van der Waals surface area contributed by atoms with Gasteiger partial charge in [0.25, 0.3) is 0 Å². The van der Waals surface area contributed by atoms with E-state index < -0.39 is 0 Å². The zero-order chi connectivity index (χ0) is 12.6. The molecule has 3 unspecified atom stereocenters. The Hall–Kier alpha value is -0.380. The molecule has 1 aliphatic carbocycles. The van der Waals surface area contributed by atoms with Crippen molar-refractivity contribution in [2.45, 2.75) is 52.3 Å². The lowest BCUT2D eigenvalue weighted by Crippen LogP contribution is -2.60. The van der Waals surface area contributed by atoms with Crippen molar-refractivity contribution in [1.29, 1.82) is 0 Å². The van der Waals surface area contributed by atoms with Gasteiger partial charge in [0.05, 0.1) is 6.10 Å². The number of methoxy groups -OCH3 is 1. The molecule has 17 heavy (non-hydrogen) atoms. The number of rotatable bonds is 4. The second kappa shape index (κ2) is 4.71. The van der Waals surface area contributed by atoms with Crippen LogP contribution in [0.4, 0.5) is 0 Å². The van der Waals surface area contributed by atoms with Gasteiger partial charge < -0.3 is 10.1 Å². The van der Waals surface area contributed by atoms with Crippen molar-refractivity contribution in [2.75, 3.05) is 7.11 Å². The second-order valence-corrected chi connectivity index (χ2v) is 6.99. The molecule has 96 valence electrons. The van der Waals surface area contributed by atoms with Crippen LogP contribution in [0.1, 0.15) is 43.0 Å². The van der Waals surface area contributed by atoms with Crippen LogP contribution in [0.25, 0.3) is 0 Å². The van der Waals surface area contributed by atoms with Crippen LogP contribution in [-0.4, -0.2) is 19.3 Å². The molecular formula is C14H23NOS. The molecule has 1 N–H and O–H groups in total. The first-order chi connectivity index (χ1) is 7.95. The van der Waals surface area contributed by atoms with Gasteiger partial charge in [-0.2, -0.15) is 0 Å². The summed E-state index contributed by atoms with van der Waals surface area (Å²) in [5.74, 6) is 0. The summed E-state index contributed by atoms with van der Waals surface area (Å²) in [4.78, 5) is 2.82. The highest BCUT2D eigenvalue weighted by Gasteiger charge is 2.48. The molecular weight excluding hydrogens is 230 g/mol. The van der Waals surface area contributed by atoms with Gasteiger partial charge in [-0.3, -0.25) is 0 Å². The third-order valence-electron chi connectivity index (χ3n) is 4.10. The Labute approximate surface area is 108 Å². The van der Waals surface area contributed by atoms with Crippen molar-refractivity contribution in [1.82, 2.24) is 5.32 Å². The van der Waals surface area contributed by atoms with Crippen LogP contribution in [0.3, 0.4) is 0 Å². The molecule has 0 aliphatic heterocycles. The third-order valence-corrected chi connectivity index (χ3v) is 5.28. The standard InChI is InChI=1S/C14H23NOS/c1-9-6-7-11(17-9)10(2)15-12-8-13(16-5)14(12,3)4/h6-7,10,12-13,15H,8H2,1-5H3. The minimum absolute atomic E-state index is 0.245. The summed E-state index contributed by atoms with van der Waals surface area (Å²) in [6, 6.07) is 5.43. The highest BCUT2D eigenvalue weighted by Crippen LogP contribution is 2.43. The molecule has 0 spiro atoms. The molecule has 1 aromatic heterocycles. The maximum atomic E-state index is 5.49. The Morgan fingerprint density at radius 2 is 2.18 bits per heavy atom. The summed E-state index contributed by atoms with van der Waals surface area (Å²) in [5.41, 5.74) is 0.245. The predicted molar refractivity (Wildman–Crippen MR) is 73.6 cm³/mol. The van der Waals surface area contributed by atoms with Crippen LogP contribution in [0.15, 0.2) is 12.1 Å². The van der Waals surface area contributed by atoms with Gasteiger partial charge in [0.15, 0.2) is 0 Å². The van der Waals surface area contributed by atoms with Crippen molar-refractivity contribution in [2.24, 2.45) is 5.41 Å². The zero-order valence-corrected chi connectivity index (χ0v) is 12.2. The fourth-order valence-electron chi connectivity index (χ4n) is 2.64. The SMILES string of the molecule is COC1CC(NC(C)c2ccc(C)s2)C1(C)C. The molecule has 1 heterocycles. The van der Waals surface area contributed by atoms with Crippen LogP contribution >= 0.6 is 11.3 Å². The van der Waals surface area contributed by atoms with Crippen molar-refractivity contribution in [3.8, 4) is 0 Å². The number of aryl methyl sites for hydroxylation is 1. The Bertz CT molecular complexity index is 385. The predicted octanol–water partition coefficient (Wildman–Crippen LogP) is 3.52. The normalized spacial score (nSPS) is 28.8. The third kappa shape index (κ3) is 2.42. The molecule has 0 saturated heterocycles. The molecule has 2 nitrogen and oxygen atoms in total. The van der Waals surface area contributed by atoms with Crippen LogP contribution < -0.4 is 5.32 Å². The lowest BCUT2D eigenvalue weighted by molar-refractivity contribution is -0.0998. The highest BCUT2D eigenvalue weighted by molar-refractivity contribution is 7.12. The van der Waals surface area contributed by atoms with Crippen LogP contribution in [-0.2, 0) is 4.74 Å². The molecule has 1 fully saturated rings. The maximum Gasteiger partial charge on any atom is 0.0652 e. The van der Waals surface area contributed by atoms with Gasteiger partial charge in [-0.1, -0.05) is 13.8 Å². The fourth-order valence-corrected chi connectivity index (χ4v) is 3.53. The lowest BCUT2D eigenvalue weighted by atomic mass is 9.64. The molecule has 3 atom stereocenters. The molecule has 0 aromatic carbocycles. The molecule has 2 rings (SSSR count). The van der Waals surface area contributed by atoms with Crippen LogP contribution in [0.5, 0.6) is 0 Å². The van der Waals surface area contributed by atoms with E-state index in [-0.39, 0.29) is 5.41 Å². The summed E-state index contributed by atoms with van der Waals surface area (Å²) >= 11 is 1.89. The van der Waals surface area contributed by atoms with E-state index >= 15 is 0 Å². The fraction of sp³-hybridized carbons (Fsp3) is 0.714. The topological polar surface area (TPSA) is 21.3 Å². The van der Waals surface area contributed by atoms with Gasteiger partial charge in [0.2, 0.25) is 0 Å². The van der Waals surface area contributed by atoms with E-state index in [9.17, 15) is 0 Å². The Morgan fingerprint density at radius 3 is 2.65 bits per heavy atom. The molecule has 0 radical (unpaired) electrons. The van der Waals surface area contributed by atoms with Crippen molar-refractivity contribution < 1.29 is 4.74 Å². The first-order valence-corrected chi connectivity index (χ1v) is 7.12. The number of hydrogen-bond acceptors (Lipinski definition) is 3. The first-order valence-electron chi connectivity index (χ1n) is 6.30. The van der Waals surface area contributed by atoms with E-state index in [1.54, 1.807) is 0 Å². The molecule has 3 heteroatoms. The van der Waals surface area contributed by atoms with Gasteiger partial charge in [-0.25, -0.2) is 0 Å². The molecule has 1 saturated carbocycles. The Balaban J connectivity index is 1.95. The summed E-state index contributed by atoms with van der Waals surface area (Å²) < 4.78 is 5.49. The highest BCUT2D eigenvalue weighted by atomic mass is 32.1. The lowest BCUT2D eigenvalue weighted by Gasteiger charge is -2.52. The summed E-state index contributed by atoms with van der Waals surface area (Å²) in [7, 11) is 1.81. The van der Waals surface area contributed by atoms with Crippen molar-refractivity contribution >= 4 is 11.3 Å². The number of thiophene rings is 1. The smallest absolute Gasteiger partial charge is 0.0652 e. The monoisotopic (exact) mass is 253 g/mol. The van der Waals surface area contributed by atoms with E-state index in [4.69, 9.17) is 4.74 Å². The minimum atomic E-state index is 0.245. The van der Waals surface area contributed by atoms with Crippen molar-refractivity contribution in [3.63, 3.8) is 0 Å². The van der Waals surface area contributed by atoms with E-state index in [1.807, 2.05) is 18.4 Å². The van der Waals surface area contributed by atoms with Crippen molar-refractivity contribution in [3.05, 3.63) is 21.9 Å². The number of nitrogens with one attached hydrogen (secondary N) is 1. The second-order valence-electron chi connectivity index (χ2n) is 5.67. The minimum Gasteiger partial charge on any atom is -0.381 e.